The second kappa shape index (κ2) is 5.01. The summed E-state index contributed by atoms with van der Waals surface area (Å²) in [5.41, 5.74) is 11.1. The Hall–Kier alpha value is -2.51. The van der Waals surface area contributed by atoms with Crippen LogP contribution < -0.4 is 16.2 Å². The Kier molecular flexibility index (Phi) is 3.41. The van der Waals surface area contributed by atoms with Crippen LogP contribution in [0, 0.1) is 5.82 Å². The number of halogens is 3. The number of nitrogens with two attached hydrogens (primary N) is 2. The summed E-state index contributed by atoms with van der Waals surface area (Å²) >= 11 is 0. The molecule has 0 aliphatic rings. The molecule has 0 saturated heterocycles. The Morgan fingerprint density at radius 1 is 1.00 bits per heavy atom. The Morgan fingerprint density at radius 3 is 2.00 bits per heavy atom. The number of nitrogens with zero attached hydrogens (tertiary/aromatic N) is 2. The summed E-state index contributed by atoms with van der Waals surface area (Å²) in [6, 6.07) is 5.48. The number of anilines is 2. The number of rotatable bonds is 3. The number of ether oxygens (including phenoxy) is 1. The molecule has 1 aromatic carbocycles. The highest BCUT2D eigenvalue weighted by molar-refractivity contribution is 5.60. The van der Waals surface area contributed by atoms with Gasteiger partial charge in [-0.15, -0.1) is 0 Å². The maximum Gasteiger partial charge on any atom is 0.387 e. The minimum absolute atomic E-state index is 0.0122. The van der Waals surface area contributed by atoms with Crippen LogP contribution in [0.4, 0.5) is 24.8 Å². The van der Waals surface area contributed by atoms with Crippen LogP contribution in [-0.2, 0) is 0 Å². The summed E-state index contributed by atoms with van der Waals surface area (Å²) in [7, 11) is 0. The molecule has 1 heterocycles. The van der Waals surface area contributed by atoms with Crippen molar-refractivity contribution in [2.24, 2.45) is 0 Å². The van der Waals surface area contributed by atoms with E-state index in [4.69, 9.17) is 11.5 Å². The topological polar surface area (TPSA) is 87.0 Å². The van der Waals surface area contributed by atoms with Crippen LogP contribution in [0.25, 0.3) is 11.4 Å². The third-order valence-corrected chi connectivity index (χ3v) is 2.24. The maximum atomic E-state index is 13.2. The van der Waals surface area contributed by atoms with E-state index in [2.05, 4.69) is 14.7 Å². The predicted octanol–water partition coefficient (Wildman–Crippen LogP) is 2.05. The Labute approximate surface area is 106 Å². The van der Waals surface area contributed by atoms with Crippen molar-refractivity contribution in [2.75, 3.05) is 11.5 Å². The third-order valence-electron chi connectivity index (χ3n) is 2.24. The van der Waals surface area contributed by atoms with Gasteiger partial charge < -0.3 is 16.2 Å². The molecule has 0 saturated carbocycles. The van der Waals surface area contributed by atoms with Gasteiger partial charge in [-0.05, 0) is 24.3 Å². The Balaban J connectivity index is 2.32. The van der Waals surface area contributed by atoms with Crippen LogP contribution in [0.1, 0.15) is 0 Å². The van der Waals surface area contributed by atoms with Crippen LogP contribution in [0.15, 0.2) is 24.3 Å². The van der Waals surface area contributed by atoms with Gasteiger partial charge in [0.2, 0.25) is 5.82 Å². The van der Waals surface area contributed by atoms with E-state index in [9.17, 15) is 13.2 Å². The first-order chi connectivity index (χ1) is 8.97. The van der Waals surface area contributed by atoms with Gasteiger partial charge >= 0.3 is 6.61 Å². The van der Waals surface area contributed by atoms with Gasteiger partial charge in [0, 0.05) is 5.56 Å². The van der Waals surface area contributed by atoms with Gasteiger partial charge in [0.05, 0.1) is 0 Å². The normalized spacial score (nSPS) is 10.7. The second-order valence-corrected chi connectivity index (χ2v) is 3.53. The highest BCUT2D eigenvalue weighted by atomic mass is 19.3. The van der Waals surface area contributed by atoms with E-state index in [1.165, 1.54) is 24.3 Å². The van der Waals surface area contributed by atoms with Gasteiger partial charge in [0.25, 0.3) is 0 Å². The van der Waals surface area contributed by atoms with E-state index in [0.29, 0.717) is 5.56 Å². The van der Waals surface area contributed by atoms with Gasteiger partial charge in [0.15, 0.2) is 17.5 Å². The number of nitrogen functional groups attached to an aromatic ring is 2. The number of hydrogen-bond donors (Lipinski definition) is 2. The first-order valence-corrected chi connectivity index (χ1v) is 5.11. The van der Waals surface area contributed by atoms with Crippen LogP contribution in [0.3, 0.4) is 0 Å². The molecule has 100 valence electrons. The van der Waals surface area contributed by atoms with Gasteiger partial charge in [-0.25, -0.2) is 9.97 Å². The molecule has 4 N–H and O–H groups in total. The quantitative estimate of drug-likeness (QED) is 0.891. The number of alkyl halides is 2. The fourth-order valence-electron chi connectivity index (χ4n) is 1.40. The lowest BCUT2D eigenvalue weighted by Crippen LogP contribution is -2.05. The molecule has 0 aliphatic carbocycles. The summed E-state index contributed by atoms with van der Waals surface area (Å²) in [5.74, 6) is -1.56. The molecular weight excluding hydrogens is 261 g/mol. The molecule has 0 unspecified atom stereocenters. The summed E-state index contributed by atoms with van der Waals surface area (Å²) in [4.78, 5) is 7.43. The summed E-state index contributed by atoms with van der Waals surface area (Å²) in [6.07, 6.45) is 0. The molecule has 1 aromatic heterocycles. The molecule has 0 radical (unpaired) electrons. The van der Waals surface area contributed by atoms with E-state index >= 15 is 0 Å². The maximum absolute atomic E-state index is 13.2. The smallest absolute Gasteiger partial charge is 0.387 e. The monoisotopic (exact) mass is 270 g/mol. The van der Waals surface area contributed by atoms with Crippen LogP contribution in [0.5, 0.6) is 5.75 Å². The average Bonchev–Trinajstić information content (AvgIpc) is 2.35. The van der Waals surface area contributed by atoms with Crippen molar-refractivity contribution in [3.8, 4) is 17.1 Å². The van der Waals surface area contributed by atoms with Gasteiger partial charge in [-0.1, -0.05) is 0 Å². The molecule has 2 rings (SSSR count). The molecule has 0 atom stereocenters. The van der Waals surface area contributed by atoms with E-state index in [1.807, 2.05) is 0 Å². The molecule has 2 aromatic rings. The van der Waals surface area contributed by atoms with E-state index in [1.54, 1.807) is 0 Å². The largest absolute Gasteiger partial charge is 0.435 e. The van der Waals surface area contributed by atoms with E-state index in [-0.39, 0.29) is 23.2 Å². The number of aromatic nitrogens is 2. The van der Waals surface area contributed by atoms with Crippen molar-refractivity contribution in [3.05, 3.63) is 30.1 Å². The Morgan fingerprint density at radius 2 is 1.53 bits per heavy atom. The zero-order chi connectivity index (χ0) is 14.0. The first kappa shape index (κ1) is 12.9. The van der Waals surface area contributed by atoms with Crippen LogP contribution in [-0.4, -0.2) is 16.6 Å². The van der Waals surface area contributed by atoms with Crippen molar-refractivity contribution in [1.29, 1.82) is 0 Å². The zero-order valence-electron chi connectivity index (χ0n) is 9.48. The second-order valence-electron chi connectivity index (χ2n) is 3.53. The lowest BCUT2D eigenvalue weighted by Gasteiger charge is -2.06. The lowest BCUT2D eigenvalue weighted by atomic mass is 10.2. The van der Waals surface area contributed by atoms with Crippen molar-refractivity contribution in [3.63, 3.8) is 0 Å². The standard InChI is InChI=1S/C11H9F3N4O/c12-7-8(15)17-10(18-9(7)16)5-1-3-6(4-2-5)19-11(13)14/h1-4,11H,(H4,15,16,17,18). The molecule has 0 spiro atoms. The van der Waals surface area contributed by atoms with Crippen LogP contribution in [0.2, 0.25) is 0 Å². The predicted molar refractivity (Wildman–Crippen MR) is 62.9 cm³/mol. The van der Waals surface area contributed by atoms with Crippen molar-refractivity contribution in [2.45, 2.75) is 6.61 Å². The summed E-state index contributed by atoms with van der Waals surface area (Å²) < 4.78 is 41.3. The molecule has 19 heavy (non-hydrogen) atoms. The molecule has 8 heteroatoms. The summed E-state index contributed by atoms with van der Waals surface area (Å²) in [6.45, 7) is -2.90. The molecule has 0 aliphatic heterocycles. The minimum atomic E-state index is -2.90. The average molecular weight is 270 g/mol. The molecule has 0 fully saturated rings. The number of hydrogen-bond acceptors (Lipinski definition) is 5. The SMILES string of the molecule is Nc1nc(-c2ccc(OC(F)F)cc2)nc(N)c1F. The third kappa shape index (κ3) is 2.84. The highest BCUT2D eigenvalue weighted by Gasteiger charge is 2.11. The summed E-state index contributed by atoms with van der Waals surface area (Å²) in [5, 5.41) is 0. The Bertz CT molecular complexity index is 566. The van der Waals surface area contributed by atoms with E-state index in [0.717, 1.165) is 0 Å². The van der Waals surface area contributed by atoms with Gasteiger partial charge in [-0.3, -0.25) is 0 Å². The fraction of sp³-hybridized carbons (Fsp3) is 0.0909. The van der Waals surface area contributed by atoms with Crippen molar-refractivity contribution < 1.29 is 17.9 Å². The van der Waals surface area contributed by atoms with Gasteiger partial charge in [-0.2, -0.15) is 13.2 Å². The first-order valence-electron chi connectivity index (χ1n) is 5.11. The minimum Gasteiger partial charge on any atom is -0.435 e. The molecule has 5 nitrogen and oxygen atoms in total. The molecular formula is C11H9F3N4O. The molecule has 0 bridgehead atoms. The van der Waals surface area contributed by atoms with Crippen LogP contribution >= 0.6 is 0 Å². The van der Waals surface area contributed by atoms with Crippen molar-refractivity contribution in [1.82, 2.24) is 9.97 Å². The molecule has 0 amide bonds. The van der Waals surface area contributed by atoms with Crippen molar-refractivity contribution >= 4 is 11.6 Å². The highest BCUT2D eigenvalue weighted by Crippen LogP contribution is 2.23. The van der Waals surface area contributed by atoms with E-state index < -0.39 is 12.4 Å². The van der Waals surface area contributed by atoms with Gasteiger partial charge in [0.1, 0.15) is 5.75 Å². The zero-order valence-corrected chi connectivity index (χ0v) is 9.48. The number of benzene rings is 1. The fourth-order valence-corrected chi connectivity index (χ4v) is 1.40. The lowest BCUT2D eigenvalue weighted by molar-refractivity contribution is -0.0498.